The number of rotatable bonds is 10. The standard InChI is InChI=1S/C30H38N4O3/c35-30(32-11-4-12-33-13-15-36-16-14-33)28-18-25(23-37-29-7-3-10-31-19-29)21-34(22-28)20-24-8-9-26-5-1-2-6-27(26)17-24/h1-3,5-10,17,19,25,28H,4,11-16,18,20-23H2,(H,32,35)/t25-,28+/m0/s1. The maximum absolute atomic E-state index is 13.2. The lowest BCUT2D eigenvalue weighted by atomic mass is 9.88. The number of piperidine rings is 1. The number of likely N-dealkylation sites (tertiary alicyclic amines) is 1. The van der Waals surface area contributed by atoms with Crippen molar-refractivity contribution in [1.82, 2.24) is 20.1 Å². The summed E-state index contributed by atoms with van der Waals surface area (Å²) in [7, 11) is 0. The first-order chi connectivity index (χ1) is 18.2. The van der Waals surface area contributed by atoms with Gasteiger partial charge in [0, 0.05) is 51.4 Å². The van der Waals surface area contributed by atoms with Gasteiger partial charge in [-0.05, 0) is 53.9 Å². The Labute approximate surface area is 219 Å². The van der Waals surface area contributed by atoms with Crippen LogP contribution in [0.25, 0.3) is 10.8 Å². The average Bonchev–Trinajstić information content (AvgIpc) is 2.95. The fourth-order valence-corrected chi connectivity index (χ4v) is 5.47. The molecular weight excluding hydrogens is 464 g/mol. The molecule has 37 heavy (non-hydrogen) atoms. The molecule has 2 fully saturated rings. The van der Waals surface area contributed by atoms with Crippen LogP contribution in [0.2, 0.25) is 0 Å². The van der Waals surface area contributed by atoms with E-state index in [9.17, 15) is 4.79 Å². The number of hydrogen-bond acceptors (Lipinski definition) is 6. The van der Waals surface area contributed by atoms with Gasteiger partial charge in [-0.15, -0.1) is 0 Å². The van der Waals surface area contributed by atoms with Gasteiger partial charge in [0.2, 0.25) is 5.91 Å². The molecule has 0 radical (unpaired) electrons. The molecule has 2 aromatic carbocycles. The Kier molecular flexibility index (Phi) is 9.00. The summed E-state index contributed by atoms with van der Waals surface area (Å²) in [6.07, 6.45) is 5.29. The van der Waals surface area contributed by atoms with E-state index in [-0.39, 0.29) is 17.7 Å². The maximum atomic E-state index is 13.2. The van der Waals surface area contributed by atoms with Crippen molar-refractivity contribution in [3.8, 4) is 5.75 Å². The van der Waals surface area contributed by atoms with Gasteiger partial charge in [0.25, 0.3) is 0 Å². The Morgan fingerprint density at radius 3 is 2.73 bits per heavy atom. The predicted octanol–water partition coefficient (Wildman–Crippen LogP) is 3.59. The molecule has 0 unspecified atom stereocenters. The van der Waals surface area contributed by atoms with E-state index in [4.69, 9.17) is 9.47 Å². The van der Waals surface area contributed by atoms with Crippen LogP contribution in [-0.4, -0.2) is 79.8 Å². The molecule has 0 saturated carbocycles. The average molecular weight is 503 g/mol. The number of carbonyl (C=O) groups excluding carboxylic acids is 1. The second-order valence-corrected chi connectivity index (χ2v) is 10.3. The van der Waals surface area contributed by atoms with Crippen molar-refractivity contribution >= 4 is 16.7 Å². The van der Waals surface area contributed by atoms with Gasteiger partial charge in [-0.1, -0.05) is 36.4 Å². The minimum atomic E-state index is -0.0416. The number of morpholine rings is 1. The van der Waals surface area contributed by atoms with Crippen LogP contribution < -0.4 is 10.1 Å². The van der Waals surface area contributed by atoms with Crippen LogP contribution in [0.4, 0.5) is 0 Å². The minimum Gasteiger partial charge on any atom is -0.492 e. The second-order valence-electron chi connectivity index (χ2n) is 10.3. The highest BCUT2D eigenvalue weighted by Gasteiger charge is 2.32. The molecule has 196 valence electrons. The highest BCUT2D eigenvalue weighted by Crippen LogP contribution is 2.26. The van der Waals surface area contributed by atoms with Crippen molar-refractivity contribution in [1.29, 1.82) is 0 Å². The molecule has 7 nitrogen and oxygen atoms in total. The summed E-state index contributed by atoms with van der Waals surface area (Å²) in [5, 5.41) is 5.73. The Morgan fingerprint density at radius 1 is 1.03 bits per heavy atom. The number of nitrogens with one attached hydrogen (secondary N) is 1. The number of benzene rings is 2. The van der Waals surface area contributed by atoms with E-state index in [2.05, 4.69) is 62.6 Å². The summed E-state index contributed by atoms with van der Waals surface area (Å²) >= 11 is 0. The van der Waals surface area contributed by atoms with Crippen molar-refractivity contribution in [3.63, 3.8) is 0 Å². The lowest BCUT2D eigenvalue weighted by Gasteiger charge is -2.37. The molecule has 0 spiro atoms. The molecule has 0 aliphatic carbocycles. The van der Waals surface area contributed by atoms with Crippen LogP contribution in [0.5, 0.6) is 5.75 Å². The van der Waals surface area contributed by atoms with E-state index in [0.717, 1.165) is 71.1 Å². The monoisotopic (exact) mass is 502 g/mol. The SMILES string of the molecule is O=C(NCCCN1CCOCC1)[C@@H]1C[C@H](COc2cccnc2)CN(Cc2ccc3ccccc3c2)C1. The normalized spacial score (nSPS) is 21.1. The highest BCUT2D eigenvalue weighted by molar-refractivity contribution is 5.83. The molecule has 7 heteroatoms. The third-order valence-corrected chi connectivity index (χ3v) is 7.38. The third kappa shape index (κ3) is 7.51. The van der Waals surface area contributed by atoms with E-state index in [1.54, 1.807) is 12.4 Å². The molecular formula is C30H38N4O3. The summed E-state index contributed by atoms with van der Waals surface area (Å²) in [6, 6.07) is 18.9. The van der Waals surface area contributed by atoms with Crippen LogP contribution in [0, 0.1) is 11.8 Å². The summed E-state index contributed by atoms with van der Waals surface area (Å²) in [5.74, 6) is 1.17. The topological polar surface area (TPSA) is 66.9 Å². The zero-order valence-corrected chi connectivity index (χ0v) is 21.6. The number of aromatic nitrogens is 1. The maximum Gasteiger partial charge on any atom is 0.224 e. The van der Waals surface area contributed by atoms with Gasteiger partial charge >= 0.3 is 0 Å². The first-order valence-corrected chi connectivity index (χ1v) is 13.5. The fourth-order valence-electron chi connectivity index (χ4n) is 5.47. The van der Waals surface area contributed by atoms with E-state index >= 15 is 0 Å². The Balaban J connectivity index is 1.19. The van der Waals surface area contributed by atoms with Crippen LogP contribution in [0.1, 0.15) is 18.4 Å². The number of nitrogens with zero attached hydrogens (tertiary/aromatic N) is 3. The molecule has 5 rings (SSSR count). The van der Waals surface area contributed by atoms with E-state index < -0.39 is 0 Å². The second kappa shape index (κ2) is 13.0. The van der Waals surface area contributed by atoms with Crippen LogP contribution in [0.15, 0.2) is 67.0 Å². The molecule has 1 N–H and O–H groups in total. The van der Waals surface area contributed by atoms with Crippen molar-refractivity contribution in [2.45, 2.75) is 19.4 Å². The van der Waals surface area contributed by atoms with Crippen LogP contribution in [-0.2, 0) is 16.1 Å². The number of hydrogen-bond donors (Lipinski definition) is 1. The lowest BCUT2D eigenvalue weighted by molar-refractivity contribution is -0.127. The minimum absolute atomic E-state index is 0.0416. The molecule has 3 heterocycles. The summed E-state index contributed by atoms with van der Waals surface area (Å²) in [4.78, 5) is 22.2. The Hall–Kier alpha value is -3.00. The van der Waals surface area contributed by atoms with Crippen LogP contribution in [0.3, 0.4) is 0 Å². The number of carbonyl (C=O) groups is 1. The van der Waals surface area contributed by atoms with Gasteiger partial charge in [0.1, 0.15) is 5.75 Å². The number of fused-ring (bicyclic) bond motifs is 1. The van der Waals surface area contributed by atoms with Gasteiger partial charge in [0.05, 0.1) is 31.9 Å². The molecule has 1 amide bonds. The van der Waals surface area contributed by atoms with Gasteiger partial charge in [-0.2, -0.15) is 0 Å². The first-order valence-electron chi connectivity index (χ1n) is 13.5. The summed E-state index contributed by atoms with van der Waals surface area (Å²) in [5.41, 5.74) is 1.28. The van der Waals surface area contributed by atoms with Crippen molar-refractivity contribution in [2.75, 3.05) is 59.1 Å². The molecule has 2 atom stereocenters. The van der Waals surface area contributed by atoms with Gasteiger partial charge in [-0.3, -0.25) is 19.6 Å². The summed E-state index contributed by atoms with van der Waals surface area (Å²) in [6.45, 7) is 8.40. The molecule has 1 aromatic heterocycles. The third-order valence-electron chi connectivity index (χ3n) is 7.38. The van der Waals surface area contributed by atoms with Crippen molar-refractivity contribution in [3.05, 3.63) is 72.6 Å². The molecule has 3 aromatic rings. The van der Waals surface area contributed by atoms with Crippen molar-refractivity contribution in [2.24, 2.45) is 11.8 Å². The number of amides is 1. The number of ether oxygens (including phenoxy) is 2. The molecule has 2 saturated heterocycles. The van der Waals surface area contributed by atoms with Gasteiger partial charge in [0.15, 0.2) is 0 Å². The van der Waals surface area contributed by atoms with Gasteiger partial charge < -0.3 is 14.8 Å². The zero-order chi connectivity index (χ0) is 25.3. The molecule has 2 aliphatic heterocycles. The van der Waals surface area contributed by atoms with E-state index in [0.29, 0.717) is 13.2 Å². The Morgan fingerprint density at radius 2 is 1.89 bits per heavy atom. The van der Waals surface area contributed by atoms with Crippen molar-refractivity contribution < 1.29 is 14.3 Å². The smallest absolute Gasteiger partial charge is 0.224 e. The van der Waals surface area contributed by atoms with Crippen LogP contribution >= 0.6 is 0 Å². The highest BCUT2D eigenvalue weighted by atomic mass is 16.5. The van der Waals surface area contributed by atoms with E-state index in [1.807, 2.05) is 12.1 Å². The first kappa shape index (κ1) is 25.6. The zero-order valence-electron chi connectivity index (χ0n) is 21.6. The lowest BCUT2D eigenvalue weighted by Crippen LogP contribution is -2.47. The fraction of sp³-hybridized carbons (Fsp3) is 0.467. The van der Waals surface area contributed by atoms with E-state index in [1.165, 1.54) is 16.3 Å². The summed E-state index contributed by atoms with van der Waals surface area (Å²) < 4.78 is 11.5. The Bertz CT molecular complexity index is 1140. The van der Waals surface area contributed by atoms with Gasteiger partial charge in [-0.25, -0.2) is 0 Å². The molecule has 0 bridgehead atoms. The number of pyridine rings is 1. The molecule has 2 aliphatic rings. The quantitative estimate of drug-likeness (QED) is 0.428. The predicted molar refractivity (Wildman–Crippen MR) is 145 cm³/mol. The largest absolute Gasteiger partial charge is 0.492 e.